The van der Waals surface area contributed by atoms with Crippen molar-refractivity contribution in [3.63, 3.8) is 0 Å². The van der Waals surface area contributed by atoms with E-state index in [-0.39, 0.29) is 0 Å². The van der Waals surface area contributed by atoms with Crippen LogP contribution >= 0.6 is 0 Å². The van der Waals surface area contributed by atoms with Crippen molar-refractivity contribution >= 4 is 93.2 Å². The van der Waals surface area contributed by atoms with E-state index < -0.39 is 0 Å². The van der Waals surface area contributed by atoms with Crippen LogP contribution in [0.2, 0.25) is 0 Å². The molecular weight excluding hydrogens is 761 g/mol. The van der Waals surface area contributed by atoms with Crippen LogP contribution in [-0.4, -0.2) is 9.13 Å². The lowest BCUT2D eigenvalue weighted by Crippen LogP contribution is -2.08. The maximum absolute atomic E-state index is 12.0. The van der Waals surface area contributed by atoms with Crippen LogP contribution in [0.4, 0.5) is 5.69 Å². The summed E-state index contributed by atoms with van der Waals surface area (Å²) in [7, 11) is 0. The molecule has 0 spiro atoms. The molecule has 0 N–H and O–H groups in total. The predicted molar refractivity (Wildman–Crippen MR) is 252 cm³/mol. The molecule has 4 aromatic heterocycles. The average molecular weight is 791 g/mol. The number of benzene rings is 9. The van der Waals surface area contributed by atoms with Gasteiger partial charge in [0.1, 0.15) is 28.4 Å². The molecule has 0 saturated carbocycles. The number of para-hydroxylation sites is 8. The zero-order valence-electron chi connectivity index (χ0n) is 32.9. The largest absolute Gasteiger partial charge is 0.455 e. The second-order valence-electron chi connectivity index (χ2n) is 15.7. The molecule has 0 unspecified atom stereocenters. The van der Waals surface area contributed by atoms with Crippen LogP contribution in [-0.2, 0) is 0 Å². The normalized spacial score (nSPS) is 11.8. The summed E-state index contributed by atoms with van der Waals surface area (Å²) in [5.41, 5.74) is 11.1. The van der Waals surface area contributed by atoms with Gasteiger partial charge in [-0.2, -0.15) is 5.26 Å². The van der Waals surface area contributed by atoms with Crippen molar-refractivity contribution in [1.29, 1.82) is 5.26 Å². The van der Waals surface area contributed by atoms with E-state index in [4.69, 9.17) is 8.83 Å². The third-order valence-corrected chi connectivity index (χ3v) is 12.6. The Morgan fingerprint density at radius 3 is 1.21 bits per heavy atom. The lowest BCUT2D eigenvalue weighted by atomic mass is 9.87. The van der Waals surface area contributed by atoms with E-state index in [1.54, 1.807) is 0 Å². The number of nitriles is 1. The molecule has 286 valence electrons. The molecule has 0 amide bonds. The van der Waals surface area contributed by atoms with Crippen LogP contribution in [0.1, 0.15) is 5.56 Å². The van der Waals surface area contributed by atoms with Crippen molar-refractivity contribution in [2.45, 2.75) is 0 Å². The number of hydrogen-bond donors (Lipinski definition) is 0. The minimum atomic E-state index is 0.332. The third-order valence-electron chi connectivity index (χ3n) is 12.6. The summed E-state index contributed by atoms with van der Waals surface area (Å²) in [6, 6.07) is 64.4. The van der Waals surface area contributed by atoms with Crippen molar-refractivity contribution in [2.75, 3.05) is 0 Å². The maximum Gasteiger partial charge on any atom is 0.221 e. The van der Waals surface area contributed by atoms with Gasteiger partial charge in [-0.25, -0.2) is 4.85 Å². The lowest BCUT2D eigenvalue weighted by Gasteiger charge is -2.25. The van der Waals surface area contributed by atoms with E-state index in [0.29, 0.717) is 44.9 Å². The predicted octanol–water partition coefficient (Wildman–Crippen LogP) is 15.4. The van der Waals surface area contributed by atoms with Gasteiger partial charge in [0.05, 0.1) is 45.6 Å². The molecule has 0 radical (unpaired) electrons. The summed E-state index contributed by atoms with van der Waals surface area (Å²) >= 11 is 0. The highest BCUT2D eigenvalue weighted by atomic mass is 16.3. The summed E-state index contributed by atoms with van der Waals surface area (Å²) in [4.78, 5) is 4.55. The van der Waals surface area contributed by atoms with Crippen molar-refractivity contribution < 1.29 is 8.83 Å². The Morgan fingerprint density at radius 1 is 0.403 bits per heavy atom. The Morgan fingerprint density at radius 2 is 0.774 bits per heavy atom. The summed E-state index contributed by atoms with van der Waals surface area (Å²) in [5, 5.41) is 20.0. The van der Waals surface area contributed by atoms with E-state index in [2.05, 4.69) is 117 Å². The number of furan rings is 2. The van der Waals surface area contributed by atoms with Crippen molar-refractivity contribution in [1.82, 2.24) is 9.13 Å². The average Bonchev–Trinajstić information content (AvgIpc) is 4.09. The maximum atomic E-state index is 12.0. The summed E-state index contributed by atoms with van der Waals surface area (Å²) in [6.45, 7) is 9.35. The molecular formula is C56H30N4O2. The van der Waals surface area contributed by atoms with Crippen LogP contribution in [0.25, 0.3) is 126 Å². The number of nitrogens with zero attached hydrogens (tertiary/aromatic N) is 4. The first-order valence-electron chi connectivity index (χ1n) is 20.5. The highest BCUT2D eigenvalue weighted by molar-refractivity contribution is 6.19. The fourth-order valence-corrected chi connectivity index (χ4v) is 10.1. The topological polar surface area (TPSA) is 64.3 Å². The molecule has 4 heterocycles. The summed E-state index contributed by atoms with van der Waals surface area (Å²) in [5.74, 6) is 0. The minimum absolute atomic E-state index is 0.332. The number of fused-ring (bicyclic) bond motifs is 12. The highest BCUT2D eigenvalue weighted by Crippen LogP contribution is 2.54. The zero-order chi connectivity index (χ0) is 41.1. The van der Waals surface area contributed by atoms with Gasteiger partial charge < -0.3 is 18.0 Å². The monoisotopic (exact) mass is 790 g/mol. The molecule has 6 nitrogen and oxygen atoms in total. The molecule has 13 aromatic rings. The second kappa shape index (κ2) is 12.8. The van der Waals surface area contributed by atoms with Gasteiger partial charge in [0.15, 0.2) is 0 Å². The Labute approximate surface area is 353 Å². The second-order valence-corrected chi connectivity index (χ2v) is 15.7. The van der Waals surface area contributed by atoms with Crippen LogP contribution in [0.3, 0.4) is 0 Å². The van der Waals surface area contributed by atoms with E-state index in [1.165, 1.54) is 0 Å². The van der Waals surface area contributed by atoms with Crippen LogP contribution < -0.4 is 0 Å². The smallest absolute Gasteiger partial charge is 0.221 e. The van der Waals surface area contributed by atoms with Crippen LogP contribution in [0.5, 0.6) is 0 Å². The first kappa shape index (κ1) is 34.1. The number of aromatic nitrogens is 2. The first-order chi connectivity index (χ1) is 30.7. The molecule has 0 saturated heterocycles. The SMILES string of the molecule is [C-]#[N+]c1c(-c2cccc3c2oc2ccccc23)c(-n2c3ccccc3c3ccccc32)c(-c2cccc3c2oc2ccccc23)c(C#N)c1-n1c2ccccc2c2ccccc21. The molecule has 6 heteroatoms. The first-order valence-corrected chi connectivity index (χ1v) is 20.5. The minimum Gasteiger partial charge on any atom is -0.455 e. The van der Waals surface area contributed by atoms with Gasteiger partial charge >= 0.3 is 0 Å². The molecule has 0 atom stereocenters. The van der Waals surface area contributed by atoms with Gasteiger partial charge in [0.25, 0.3) is 0 Å². The zero-order valence-corrected chi connectivity index (χ0v) is 32.9. The van der Waals surface area contributed by atoms with E-state index in [1.807, 2.05) is 84.9 Å². The fraction of sp³-hybridized carbons (Fsp3) is 0. The Hall–Kier alpha value is -8.84. The molecule has 0 bridgehead atoms. The molecule has 13 rings (SSSR count). The number of rotatable bonds is 4. The van der Waals surface area contributed by atoms with Gasteiger partial charge in [-0.05, 0) is 36.4 Å². The fourth-order valence-electron chi connectivity index (χ4n) is 10.1. The van der Waals surface area contributed by atoms with Gasteiger partial charge in [0.2, 0.25) is 5.69 Å². The van der Waals surface area contributed by atoms with Gasteiger partial charge in [-0.3, -0.25) is 0 Å². The molecule has 62 heavy (non-hydrogen) atoms. The Kier molecular flexibility index (Phi) is 7.05. The van der Waals surface area contributed by atoms with Crippen molar-refractivity contribution in [3.05, 3.63) is 199 Å². The number of hydrogen-bond acceptors (Lipinski definition) is 3. The van der Waals surface area contributed by atoms with E-state index in [0.717, 1.165) is 87.4 Å². The standard InChI is InChI=1S/C56H30N4O2/c1-58-52-51(42-25-15-23-40-38-21-7-13-31-49(38)62-56(40)42)54(60-46-28-10-4-18-35(46)36-19-5-11-29-47(36)60)50(41-24-14-22-39-37-20-6-12-30-48(37)61-55(39)41)43(32-57)53(52)59-44-26-8-2-16-33(44)34-17-3-9-27-45(34)59/h2-31H. The third kappa shape index (κ3) is 4.50. The Bertz CT molecular complexity index is 3880. The quantitative estimate of drug-likeness (QED) is 0.167. The lowest BCUT2D eigenvalue weighted by molar-refractivity contribution is 0.670. The molecule has 9 aromatic carbocycles. The van der Waals surface area contributed by atoms with Crippen LogP contribution in [0, 0.1) is 17.9 Å². The van der Waals surface area contributed by atoms with E-state index >= 15 is 0 Å². The van der Waals surface area contributed by atoms with E-state index in [9.17, 15) is 11.8 Å². The molecule has 0 aliphatic carbocycles. The van der Waals surface area contributed by atoms with Crippen molar-refractivity contribution in [3.8, 4) is 39.7 Å². The summed E-state index contributed by atoms with van der Waals surface area (Å²) < 4.78 is 18.1. The molecule has 0 fully saturated rings. The molecule has 0 aliphatic rings. The Balaban J connectivity index is 1.35. The molecule has 0 aliphatic heterocycles. The highest BCUT2D eigenvalue weighted by Gasteiger charge is 2.34. The van der Waals surface area contributed by atoms with Gasteiger partial charge in [-0.15, -0.1) is 0 Å². The van der Waals surface area contributed by atoms with Gasteiger partial charge in [0, 0.05) is 65.3 Å². The van der Waals surface area contributed by atoms with Gasteiger partial charge in [-0.1, -0.05) is 146 Å². The van der Waals surface area contributed by atoms with Crippen molar-refractivity contribution in [2.24, 2.45) is 0 Å². The van der Waals surface area contributed by atoms with Crippen LogP contribution in [0.15, 0.2) is 191 Å². The summed E-state index contributed by atoms with van der Waals surface area (Å²) in [6.07, 6.45) is 0.